The van der Waals surface area contributed by atoms with Gasteiger partial charge in [-0.25, -0.2) is 0 Å². The second-order valence-corrected chi connectivity index (χ2v) is 4.70. The monoisotopic (exact) mass is 270 g/mol. The first-order chi connectivity index (χ1) is 6.01. The summed E-state index contributed by atoms with van der Waals surface area (Å²) in [5.74, 6) is 0.430. The van der Waals surface area contributed by atoms with Crippen molar-refractivity contribution in [3.8, 4) is 5.75 Å². The molecule has 0 aromatic heterocycles. The Morgan fingerprint density at radius 3 is 2.23 bits per heavy atom. The first-order valence-corrected chi connectivity index (χ1v) is 6.73. The minimum absolute atomic E-state index is 0.0846. The van der Waals surface area contributed by atoms with Crippen LogP contribution in [0.25, 0.3) is 0 Å². The summed E-state index contributed by atoms with van der Waals surface area (Å²) in [6, 6.07) is 6.09. The summed E-state index contributed by atoms with van der Waals surface area (Å²) < 4.78 is 33.3. The summed E-state index contributed by atoms with van der Waals surface area (Å²) in [7, 11) is 0. The van der Waals surface area contributed by atoms with Crippen LogP contribution in [0.15, 0.2) is 24.3 Å². The molecule has 6 heteroatoms. The second-order valence-electron chi connectivity index (χ2n) is 2.29. The molecule has 0 spiro atoms. The normalized spacial score (nSPS) is 11.2. The van der Waals surface area contributed by atoms with Gasteiger partial charge in [-0.15, -0.1) is 0 Å². The summed E-state index contributed by atoms with van der Waals surface area (Å²) in [6.07, 6.45) is 0. The summed E-state index contributed by atoms with van der Waals surface area (Å²) in [5, 5.41) is 0. The Kier molecular flexibility index (Phi) is 3.27. The van der Waals surface area contributed by atoms with E-state index in [1.807, 2.05) is 0 Å². The molecule has 4 nitrogen and oxygen atoms in total. The van der Waals surface area contributed by atoms with Gasteiger partial charge in [0.15, 0.2) is 0 Å². The van der Waals surface area contributed by atoms with Crippen molar-refractivity contribution in [3.63, 3.8) is 0 Å². The van der Waals surface area contributed by atoms with Crippen LogP contribution in [0.4, 0.5) is 0 Å². The molecule has 0 aliphatic heterocycles. The van der Waals surface area contributed by atoms with Gasteiger partial charge < -0.3 is 0 Å². The number of hydrogen-bond acceptors (Lipinski definition) is 3. The fraction of sp³-hybridized carbons (Fsp3) is 0.143. The zero-order valence-electron chi connectivity index (χ0n) is 6.47. The second kappa shape index (κ2) is 4.07. The molecule has 0 saturated carbocycles. The summed E-state index contributed by atoms with van der Waals surface area (Å²) in [5.41, 5.74) is 0.845. The van der Waals surface area contributed by atoms with Gasteiger partial charge in [0.05, 0.1) is 0 Å². The quantitative estimate of drug-likeness (QED) is 0.659. The third-order valence-corrected chi connectivity index (χ3v) is 2.43. The Morgan fingerprint density at radius 2 is 1.85 bits per heavy atom. The van der Waals surface area contributed by atoms with Crippen LogP contribution < -0.4 is 3.82 Å². The molecule has 0 radical (unpaired) electrons. The van der Waals surface area contributed by atoms with Crippen molar-refractivity contribution >= 4 is 25.0 Å². The molecular weight excluding hydrogens is 262 g/mol. The van der Waals surface area contributed by atoms with E-state index in [-0.39, 0.29) is 5.75 Å². The molecule has 0 heterocycles. The first-order valence-electron chi connectivity index (χ1n) is 3.33. The van der Waals surface area contributed by atoms with Crippen LogP contribution in [0.1, 0.15) is 5.56 Å². The maximum atomic E-state index is 10.3. The van der Waals surface area contributed by atoms with Crippen LogP contribution in [0.2, 0.25) is 0 Å². The SMILES string of the molecule is O=[Se](=O)(O)Oc1ccc(CCl)cc1. The standard InChI is InChI=1S/C7H7ClO4Se/c8-5-6-1-3-7(4-2-6)12-13(9,10)11/h1-4H,5H2,(H,9,10,11). The van der Waals surface area contributed by atoms with Gasteiger partial charge in [0, 0.05) is 0 Å². The Bertz CT molecular complexity index is 370. The van der Waals surface area contributed by atoms with Crippen molar-refractivity contribution in [2.24, 2.45) is 0 Å². The van der Waals surface area contributed by atoms with E-state index in [1.165, 1.54) is 12.1 Å². The van der Waals surface area contributed by atoms with Crippen LogP contribution in [-0.4, -0.2) is 17.6 Å². The first kappa shape index (κ1) is 10.5. The van der Waals surface area contributed by atoms with Crippen LogP contribution in [0.5, 0.6) is 5.75 Å². The zero-order chi connectivity index (χ0) is 9.90. The van der Waals surface area contributed by atoms with Gasteiger partial charge in [-0.1, -0.05) is 0 Å². The molecule has 0 bridgehead atoms. The third kappa shape index (κ3) is 3.74. The van der Waals surface area contributed by atoms with Crippen LogP contribution in [0, 0.1) is 0 Å². The van der Waals surface area contributed by atoms with Crippen molar-refractivity contribution in [1.82, 2.24) is 0 Å². The molecule has 0 saturated heterocycles. The molecule has 0 fully saturated rings. The number of alkyl halides is 1. The number of hydrogen-bond donors (Lipinski definition) is 1. The van der Waals surface area contributed by atoms with Gasteiger partial charge in [0.2, 0.25) is 0 Å². The molecule has 0 aliphatic carbocycles. The topological polar surface area (TPSA) is 63.6 Å². The van der Waals surface area contributed by atoms with Crippen molar-refractivity contribution in [2.45, 2.75) is 5.88 Å². The third-order valence-electron chi connectivity index (χ3n) is 1.28. The van der Waals surface area contributed by atoms with Crippen LogP contribution >= 0.6 is 11.6 Å². The molecule has 1 aromatic rings. The van der Waals surface area contributed by atoms with E-state index in [4.69, 9.17) is 15.8 Å². The Labute approximate surface area is 82.4 Å². The Morgan fingerprint density at radius 1 is 1.31 bits per heavy atom. The zero-order valence-corrected chi connectivity index (χ0v) is 8.94. The molecule has 0 unspecified atom stereocenters. The van der Waals surface area contributed by atoms with E-state index in [9.17, 15) is 7.67 Å². The van der Waals surface area contributed by atoms with Crippen LogP contribution in [0.3, 0.4) is 0 Å². The fourth-order valence-electron chi connectivity index (χ4n) is 0.756. The Hall–Kier alpha value is -0.611. The van der Waals surface area contributed by atoms with E-state index in [2.05, 4.69) is 3.82 Å². The minimum atomic E-state index is -5.12. The Balaban J connectivity index is 2.81. The summed E-state index contributed by atoms with van der Waals surface area (Å²) in [6.45, 7) is 0. The van der Waals surface area contributed by atoms with Crippen LogP contribution in [-0.2, 0) is 13.5 Å². The van der Waals surface area contributed by atoms with E-state index in [0.717, 1.165) is 5.56 Å². The van der Waals surface area contributed by atoms with Gasteiger partial charge in [0.25, 0.3) is 0 Å². The molecule has 13 heavy (non-hydrogen) atoms. The molecule has 0 aliphatic rings. The fourth-order valence-corrected chi connectivity index (χ4v) is 1.68. The van der Waals surface area contributed by atoms with Gasteiger partial charge in [-0.2, -0.15) is 0 Å². The average molecular weight is 270 g/mol. The molecular formula is C7H7ClO4Se. The molecule has 72 valence electrons. The summed E-state index contributed by atoms with van der Waals surface area (Å²) in [4.78, 5) is 0. The van der Waals surface area contributed by atoms with E-state index < -0.39 is 13.4 Å². The van der Waals surface area contributed by atoms with Crippen molar-refractivity contribution < 1.29 is 15.7 Å². The number of halogens is 1. The predicted octanol–water partition coefficient (Wildman–Crippen LogP) is 1.09. The van der Waals surface area contributed by atoms with Gasteiger partial charge in [-0.3, -0.25) is 0 Å². The molecule has 0 amide bonds. The van der Waals surface area contributed by atoms with Crippen molar-refractivity contribution in [1.29, 1.82) is 0 Å². The van der Waals surface area contributed by atoms with Crippen molar-refractivity contribution in [3.05, 3.63) is 29.8 Å². The maximum absolute atomic E-state index is 10.3. The molecule has 0 atom stereocenters. The molecule has 1 rings (SSSR count). The molecule has 1 N–H and O–H groups in total. The van der Waals surface area contributed by atoms with Crippen molar-refractivity contribution in [2.75, 3.05) is 0 Å². The van der Waals surface area contributed by atoms with Gasteiger partial charge >= 0.3 is 82.1 Å². The molecule has 1 aromatic carbocycles. The van der Waals surface area contributed by atoms with Gasteiger partial charge in [-0.05, 0) is 0 Å². The van der Waals surface area contributed by atoms with E-state index >= 15 is 0 Å². The van der Waals surface area contributed by atoms with E-state index in [1.54, 1.807) is 12.1 Å². The average Bonchev–Trinajstić information content (AvgIpc) is 2.03. The van der Waals surface area contributed by atoms with Gasteiger partial charge in [0.1, 0.15) is 0 Å². The number of rotatable bonds is 3. The predicted molar refractivity (Wildman–Crippen MR) is 46.0 cm³/mol. The summed E-state index contributed by atoms with van der Waals surface area (Å²) >= 11 is 0.385. The number of benzene rings is 1. The van der Waals surface area contributed by atoms with E-state index in [0.29, 0.717) is 5.88 Å².